The van der Waals surface area contributed by atoms with Crippen molar-refractivity contribution in [2.45, 2.75) is 39.9 Å². The third-order valence-electron chi connectivity index (χ3n) is 6.13. The van der Waals surface area contributed by atoms with Gasteiger partial charge in [-0.15, -0.1) is 0 Å². The Kier molecular flexibility index (Phi) is 8.13. The largest absolute Gasteiger partial charge is 0.444 e. The molecule has 0 aliphatic carbocycles. The summed E-state index contributed by atoms with van der Waals surface area (Å²) in [6.07, 6.45) is 0.590. The van der Waals surface area contributed by atoms with Crippen LogP contribution in [0.2, 0.25) is 0 Å². The number of rotatable bonds is 10. The summed E-state index contributed by atoms with van der Waals surface area (Å²) in [5.74, 6) is -0.737. The van der Waals surface area contributed by atoms with E-state index in [0.717, 1.165) is 16.7 Å². The number of nitrogens with one attached hydrogen (secondary N) is 1. The van der Waals surface area contributed by atoms with Gasteiger partial charge in [-0.2, -0.15) is 0 Å². The fraction of sp³-hybridized carbons (Fsp3) is 0.276. The fourth-order valence-electron chi connectivity index (χ4n) is 4.34. The number of nitrogens with zero attached hydrogens (tertiary/aromatic N) is 1. The molecule has 0 radical (unpaired) electrons. The van der Waals surface area contributed by atoms with Crippen LogP contribution in [0.4, 0.5) is 10.5 Å². The zero-order valence-electron chi connectivity index (χ0n) is 20.6. The molecule has 1 N–H and O–H groups in total. The first kappa shape index (κ1) is 25.1. The Labute approximate surface area is 211 Å². The topological polar surface area (TPSA) is 84.9 Å². The van der Waals surface area contributed by atoms with E-state index in [2.05, 4.69) is 5.32 Å². The number of fused-ring (bicyclic) bond motifs is 1. The second-order valence-corrected chi connectivity index (χ2v) is 8.66. The Morgan fingerprint density at radius 1 is 0.889 bits per heavy atom. The molecule has 0 saturated heterocycles. The summed E-state index contributed by atoms with van der Waals surface area (Å²) >= 11 is 0. The molecule has 1 heterocycles. The van der Waals surface area contributed by atoms with Crippen molar-refractivity contribution in [2.24, 2.45) is 0 Å². The van der Waals surface area contributed by atoms with Gasteiger partial charge in [-0.3, -0.25) is 19.8 Å². The molecule has 3 aromatic rings. The van der Waals surface area contributed by atoms with E-state index >= 15 is 0 Å². The molecule has 0 unspecified atom stereocenters. The van der Waals surface area contributed by atoms with E-state index in [1.54, 1.807) is 6.92 Å². The number of carbonyl (C=O) groups excluding carboxylic acids is 3. The highest BCUT2D eigenvalue weighted by Crippen LogP contribution is 2.35. The van der Waals surface area contributed by atoms with Crippen molar-refractivity contribution in [2.75, 3.05) is 18.5 Å². The Morgan fingerprint density at radius 2 is 1.50 bits per heavy atom. The molecule has 3 amide bonds. The fourth-order valence-corrected chi connectivity index (χ4v) is 4.34. The molecule has 0 saturated carbocycles. The van der Waals surface area contributed by atoms with Crippen molar-refractivity contribution in [1.82, 2.24) is 4.90 Å². The van der Waals surface area contributed by atoms with Crippen molar-refractivity contribution in [3.8, 4) is 0 Å². The first-order valence-electron chi connectivity index (χ1n) is 12.1. The molecule has 7 heteroatoms. The maximum atomic E-state index is 13.1. The van der Waals surface area contributed by atoms with Gasteiger partial charge in [0.25, 0.3) is 11.8 Å². The summed E-state index contributed by atoms with van der Waals surface area (Å²) < 4.78 is 11.1. The van der Waals surface area contributed by atoms with E-state index in [9.17, 15) is 14.4 Å². The van der Waals surface area contributed by atoms with Gasteiger partial charge in [-0.05, 0) is 48.9 Å². The maximum absolute atomic E-state index is 13.1. The highest BCUT2D eigenvalue weighted by Gasteiger charge is 2.39. The zero-order chi connectivity index (χ0) is 25.5. The van der Waals surface area contributed by atoms with Gasteiger partial charge in [-0.25, -0.2) is 4.79 Å². The van der Waals surface area contributed by atoms with E-state index in [-0.39, 0.29) is 24.6 Å². The number of ether oxygens (including phenoxy) is 2. The molecule has 0 aromatic heterocycles. The van der Waals surface area contributed by atoms with E-state index in [4.69, 9.17) is 9.47 Å². The van der Waals surface area contributed by atoms with Crippen LogP contribution in [-0.4, -0.2) is 36.0 Å². The molecule has 3 aromatic carbocycles. The predicted octanol–water partition coefficient (Wildman–Crippen LogP) is 5.51. The standard InChI is InChI=1S/C29H30N2O5/c1-3-31-27(32)24-23(15-10-16-35-18-21-11-6-4-7-12-21)17-20(2)26(25(24)28(31)33)30-29(34)36-19-22-13-8-5-9-14-22/h4-9,11-14,17H,3,10,15-16,18-19H2,1-2H3,(H,30,34). The average molecular weight is 487 g/mol. The SMILES string of the molecule is CCN1C(=O)c2c(CCCOCc3ccccc3)cc(C)c(NC(=O)OCc3ccccc3)c2C1=O. The van der Waals surface area contributed by atoms with Gasteiger partial charge in [-0.1, -0.05) is 66.7 Å². The highest BCUT2D eigenvalue weighted by molar-refractivity contribution is 6.25. The third kappa shape index (κ3) is 5.63. The quantitative estimate of drug-likeness (QED) is 0.302. The van der Waals surface area contributed by atoms with E-state index < -0.39 is 12.0 Å². The molecule has 0 atom stereocenters. The van der Waals surface area contributed by atoms with Crippen molar-refractivity contribution >= 4 is 23.6 Å². The van der Waals surface area contributed by atoms with Crippen LogP contribution in [0.5, 0.6) is 0 Å². The first-order chi connectivity index (χ1) is 17.5. The number of hydrogen-bond donors (Lipinski definition) is 1. The van der Waals surface area contributed by atoms with Crippen LogP contribution in [0.25, 0.3) is 0 Å². The summed E-state index contributed by atoms with van der Waals surface area (Å²) in [5, 5.41) is 2.71. The monoisotopic (exact) mass is 486 g/mol. The van der Waals surface area contributed by atoms with Crippen LogP contribution in [0.1, 0.15) is 56.3 Å². The summed E-state index contributed by atoms with van der Waals surface area (Å²) in [7, 11) is 0. The van der Waals surface area contributed by atoms with Crippen LogP contribution in [0, 0.1) is 6.92 Å². The van der Waals surface area contributed by atoms with Crippen molar-refractivity contribution in [1.29, 1.82) is 0 Å². The first-order valence-corrected chi connectivity index (χ1v) is 12.1. The Morgan fingerprint density at radius 3 is 2.14 bits per heavy atom. The number of carbonyl (C=O) groups is 3. The summed E-state index contributed by atoms with van der Waals surface area (Å²) in [6.45, 7) is 4.97. The number of hydrogen-bond acceptors (Lipinski definition) is 5. The minimum Gasteiger partial charge on any atom is -0.444 e. The van der Waals surface area contributed by atoms with Crippen LogP contribution in [0.3, 0.4) is 0 Å². The van der Waals surface area contributed by atoms with Gasteiger partial charge < -0.3 is 9.47 Å². The Hall–Kier alpha value is -3.97. The lowest BCUT2D eigenvalue weighted by atomic mass is 9.94. The lowest BCUT2D eigenvalue weighted by Crippen LogP contribution is -2.29. The number of anilines is 1. The van der Waals surface area contributed by atoms with Gasteiger partial charge in [0.1, 0.15) is 6.61 Å². The minimum atomic E-state index is -0.679. The second-order valence-electron chi connectivity index (χ2n) is 8.66. The molecule has 1 aliphatic rings. The van der Waals surface area contributed by atoms with Crippen molar-refractivity contribution in [3.63, 3.8) is 0 Å². The highest BCUT2D eigenvalue weighted by atomic mass is 16.5. The molecule has 0 spiro atoms. The molecular weight excluding hydrogens is 456 g/mol. The molecule has 186 valence electrons. The Balaban J connectivity index is 1.48. The molecule has 36 heavy (non-hydrogen) atoms. The van der Waals surface area contributed by atoms with E-state index in [1.807, 2.05) is 73.7 Å². The second kappa shape index (κ2) is 11.6. The molecule has 0 bridgehead atoms. The van der Waals surface area contributed by atoms with E-state index in [0.29, 0.717) is 42.9 Å². The molecular formula is C29H30N2O5. The molecule has 7 nitrogen and oxygen atoms in total. The molecule has 4 rings (SSSR count). The van der Waals surface area contributed by atoms with Crippen LogP contribution >= 0.6 is 0 Å². The van der Waals surface area contributed by atoms with Gasteiger partial charge >= 0.3 is 6.09 Å². The van der Waals surface area contributed by atoms with Crippen LogP contribution in [0.15, 0.2) is 66.7 Å². The van der Waals surface area contributed by atoms with Crippen LogP contribution in [-0.2, 0) is 29.1 Å². The Bertz CT molecular complexity index is 1240. The number of amides is 3. The van der Waals surface area contributed by atoms with Crippen molar-refractivity contribution < 1.29 is 23.9 Å². The lowest BCUT2D eigenvalue weighted by Gasteiger charge is -2.15. The summed E-state index contributed by atoms with van der Waals surface area (Å²) in [6, 6.07) is 21.1. The lowest BCUT2D eigenvalue weighted by molar-refractivity contribution is 0.0662. The minimum absolute atomic E-state index is 0.100. The smallest absolute Gasteiger partial charge is 0.411 e. The summed E-state index contributed by atoms with van der Waals surface area (Å²) in [5.41, 5.74) is 4.34. The average Bonchev–Trinajstić information content (AvgIpc) is 3.15. The predicted molar refractivity (Wildman–Crippen MR) is 137 cm³/mol. The number of imide groups is 1. The van der Waals surface area contributed by atoms with Crippen molar-refractivity contribution in [3.05, 3.63) is 100 Å². The van der Waals surface area contributed by atoms with Crippen LogP contribution < -0.4 is 5.32 Å². The van der Waals surface area contributed by atoms with Gasteiger partial charge in [0.15, 0.2) is 0 Å². The zero-order valence-corrected chi connectivity index (χ0v) is 20.6. The number of benzene rings is 3. The molecule has 1 aliphatic heterocycles. The van der Waals surface area contributed by atoms with Gasteiger partial charge in [0.05, 0.1) is 23.4 Å². The third-order valence-corrected chi connectivity index (χ3v) is 6.13. The normalized spacial score (nSPS) is 12.6. The van der Waals surface area contributed by atoms with Gasteiger partial charge in [0, 0.05) is 13.2 Å². The maximum Gasteiger partial charge on any atom is 0.411 e. The van der Waals surface area contributed by atoms with E-state index in [1.165, 1.54) is 4.90 Å². The summed E-state index contributed by atoms with van der Waals surface area (Å²) in [4.78, 5) is 40.0. The molecule has 0 fully saturated rings. The van der Waals surface area contributed by atoms with Gasteiger partial charge in [0.2, 0.25) is 0 Å². The number of aryl methyl sites for hydroxylation is 2.